The molecule has 2 bridgehead atoms. The molecule has 0 N–H and O–H groups in total. The quantitative estimate of drug-likeness (QED) is 0.575. The van der Waals surface area contributed by atoms with Crippen molar-refractivity contribution in [3.63, 3.8) is 0 Å². The first-order valence-corrected chi connectivity index (χ1v) is 14.6. The fourth-order valence-electron chi connectivity index (χ4n) is 10.0. The molecule has 1 aromatic heterocycles. The van der Waals surface area contributed by atoms with Crippen LogP contribution in [0, 0.1) is 11.3 Å². The van der Waals surface area contributed by atoms with E-state index in [1.54, 1.807) is 11.1 Å². The Morgan fingerprint density at radius 1 is 1.00 bits per heavy atom. The first-order chi connectivity index (χ1) is 17.1. The van der Waals surface area contributed by atoms with Crippen LogP contribution in [0.15, 0.2) is 41.8 Å². The van der Waals surface area contributed by atoms with E-state index < -0.39 is 0 Å². The van der Waals surface area contributed by atoms with E-state index in [1.165, 1.54) is 101 Å². The molecule has 7 aliphatic rings. The Morgan fingerprint density at radius 2 is 1.91 bits per heavy atom. The highest BCUT2D eigenvalue weighted by molar-refractivity contribution is 5.47. The number of hydrogen-bond donors (Lipinski definition) is 0. The number of hydrogen-bond acceptors (Lipinski definition) is 4. The van der Waals surface area contributed by atoms with Crippen LogP contribution in [0.3, 0.4) is 0 Å². The van der Waals surface area contributed by atoms with E-state index in [-0.39, 0.29) is 11.2 Å². The van der Waals surface area contributed by atoms with Crippen molar-refractivity contribution < 1.29 is 4.74 Å². The molecule has 0 radical (unpaired) electrons. The summed E-state index contributed by atoms with van der Waals surface area (Å²) < 4.78 is 7.55. The molecule has 1 aromatic rings. The molecule has 1 unspecified atom stereocenters. The average Bonchev–Trinajstić information content (AvgIpc) is 3.60. The summed E-state index contributed by atoms with van der Waals surface area (Å²) in [4.78, 5) is 10.1. The average molecular weight is 472 g/mol. The van der Waals surface area contributed by atoms with E-state index in [9.17, 15) is 0 Å². The van der Waals surface area contributed by atoms with Crippen LogP contribution in [0.2, 0.25) is 0 Å². The van der Waals surface area contributed by atoms with E-state index in [1.807, 2.05) is 6.20 Å². The Bertz CT molecular complexity index is 1100. The van der Waals surface area contributed by atoms with Gasteiger partial charge in [0.05, 0.1) is 11.2 Å². The van der Waals surface area contributed by atoms with Crippen molar-refractivity contribution in [2.75, 3.05) is 19.6 Å². The molecule has 2 saturated carbocycles. The monoisotopic (exact) mass is 471 g/mol. The third-order valence-electron chi connectivity index (χ3n) is 11.7. The molecule has 8 rings (SSSR count). The number of fused-ring (bicyclic) bond motifs is 2. The van der Waals surface area contributed by atoms with Crippen molar-refractivity contribution in [2.45, 2.75) is 107 Å². The van der Waals surface area contributed by atoms with E-state index >= 15 is 0 Å². The topological polar surface area (TPSA) is 28.6 Å². The lowest BCUT2D eigenvalue weighted by molar-refractivity contribution is -0.144. The Morgan fingerprint density at radius 3 is 2.83 bits per heavy atom. The van der Waals surface area contributed by atoms with Crippen LogP contribution in [0.1, 0.15) is 82.3 Å². The summed E-state index contributed by atoms with van der Waals surface area (Å²) in [6, 6.07) is 3.63. The zero-order valence-electron chi connectivity index (χ0n) is 21.5. The van der Waals surface area contributed by atoms with E-state index in [2.05, 4.69) is 46.1 Å². The van der Waals surface area contributed by atoms with Crippen molar-refractivity contribution in [3.8, 4) is 0 Å². The van der Waals surface area contributed by atoms with Gasteiger partial charge in [-0.05, 0) is 123 Å². The number of ether oxygens (including phenoxy) is 1. The molecule has 4 heteroatoms. The first-order valence-electron chi connectivity index (χ1n) is 14.6. The second-order valence-corrected chi connectivity index (χ2v) is 13.2. The predicted octanol–water partition coefficient (Wildman–Crippen LogP) is 5.43. The number of aromatic nitrogens is 1. The van der Waals surface area contributed by atoms with Gasteiger partial charge in [-0.25, -0.2) is 0 Å². The fraction of sp³-hybridized carbons (Fsp3) is 0.710. The summed E-state index contributed by atoms with van der Waals surface area (Å²) in [6.45, 7) is 7.52. The lowest BCUT2D eigenvalue weighted by Gasteiger charge is -2.55. The normalized spacial score (nSPS) is 44.8. The van der Waals surface area contributed by atoms with Gasteiger partial charge in [-0.3, -0.25) is 9.88 Å². The molecule has 0 amide bonds. The maximum Gasteiger partial charge on any atom is 0.0975 e. The molecule has 4 fully saturated rings. The van der Waals surface area contributed by atoms with Gasteiger partial charge >= 0.3 is 0 Å². The number of rotatable bonds is 2. The standard InChI is InChI=1S/C31H41N3O/c1-29-11-8-25-18-24-4-5-26(33-15-2-3-16-33)19-30(24)12-13-31(25,35-30)27(29)6-7-28(29)34-17-10-22-9-14-32-20-23(22)21-34/h8-9,14,18,20,26-28H,2-7,10-13,15-17,19,21H2,1H3/t26-,27-,28?,29+,30-,31-/m1/s1. The first kappa shape index (κ1) is 21.6. The highest BCUT2D eigenvalue weighted by atomic mass is 16.5. The zero-order valence-corrected chi connectivity index (χ0v) is 21.5. The molecule has 2 spiro atoms. The number of pyridine rings is 1. The van der Waals surface area contributed by atoms with Crippen LogP contribution in [-0.4, -0.2) is 57.7 Å². The van der Waals surface area contributed by atoms with Crippen molar-refractivity contribution in [2.24, 2.45) is 11.3 Å². The molecule has 186 valence electrons. The van der Waals surface area contributed by atoms with Gasteiger partial charge < -0.3 is 9.64 Å². The minimum atomic E-state index is -0.0204. The van der Waals surface area contributed by atoms with Crippen LogP contribution < -0.4 is 0 Å². The fourth-order valence-corrected chi connectivity index (χ4v) is 10.0. The highest BCUT2D eigenvalue weighted by Crippen LogP contribution is 2.67. The van der Waals surface area contributed by atoms with E-state index in [0.29, 0.717) is 17.4 Å². The third kappa shape index (κ3) is 2.94. The molecule has 5 heterocycles. The molecule has 2 saturated heterocycles. The molecule has 4 nitrogen and oxygen atoms in total. The SMILES string of the molecule is C[C@]12CC=C3C=C4CC[C@@H](N5CCCC5)C[C@]45CC[C@]3(O5)[C@@H]1CCC2N1CCc2ccncc2C1. The van der Waals surface area contributed by atoms with Crippen LogP contribution in [0.4, 0.5) is 0 Å². The van der Waals surface area contributed by atoms with Crippen molar-refractivity contribution in [3.05, 3.63) is 52.9 Å². The summed E-state index contributed by atoms with van der Waals surface area (Å²) in [6.07, 6.45) is 23.5. The van der Waals surface area contributed by atoms with Gasteiger partial charge in [0.1, 0.15) is 0 Å². The van der Waals surface area contributed by atoms with Gasteiger partial charge in [0.2, 0.25) is 0 Å². The third-order valence-corrected chi connectivity index (χ3v) is 11.7. The van der Waals surface area contributed by atoms with Gasteiger partial charge in [0.25, 0.3) is 0 Å². The minimum absolute atomic E-state index is 0.0204. The molecule has 4 aliphatic heterocycles. The number of allylic oxidation sites excluding steroid dienone is 1. The molecular weight excluding hydrogens is 430 g/mol. The largest absolute Gasteiger partial charge is 0.359 e. The van der Waals surface area contributed by atoms with Gasteiger partial charge in [-0.1, -0.05) is 19.1 Å². The molecule has 35 heavy (non-hydrogen) atoms. The second-order valence-electron chi connectivity index (χ2n) is 13.2. The minimum Gasteiger partial charge on any atom is -0.359 e. The van der Waals surface area contributed by atoms with Gasteiger partial charge in [-0.2, -0.15) is 0 Å². The Hall–Kier alpha value is -1.49. The molecule has 3 aliphatic carbocycles. The number of nitrogens with zero attached hydrogens (tertiary/aromatic N) is 3. The van der Waals surface area contributed by atoms with Crippen LogP contribution >= 0.6 is 0 Å². The van der Waals surface area contributed by atoms with Crippen LogP contribution in [0.25, 0.3) is 0 Å². The van der Waals surface area contributed by atoms with Crippen LogP contribution in [0.5, 0.6) is 0 Å². The second kappa shape index (κ2) is 7.52. The highest BCUT2D eigenvalue weighted by Gasteiger charge is 2.67. The van der Waals surface area contributed by atoms with Crippen molar-refractivity contribution in [1.82, 2.24) is 14.8 Å². The summed E-state index contributed by atoms with van der Waals surface area (Å²) in [5.74, 6) is 0.652. The summed E-state index contributed by atoms with van der Waals surface area (Å²) >= 11 is 0. The maximum absolute atomic E-state index is 7.55. The zero-order chi connectivity index (χ0) is 23.3. The maximum atomic E-state index is 7.55. The Kier molecular flexibility index (Phi) is 4.64. The number of likely N-dealkylation sites (tertiary alicyclic amines) is 1. The van der Waals surface area contributed by atoms with Gasteiger partial charge in [0.15, 0.2) is 0 Å². The predicted molar refractivity (Wildman–Crippen MR) is 138 cm³/mol. The molecule has 6 atom stereocenters. The summed E-state index contributed by atoms with van der Waals surface area (Å²) in [5.41, 5.74) is 6.50. The Balaban J connectivity index is 1.10. The van der Waals surface area contributed by atoms with Gasteiger partial charge in [0, 0.05) is 37.6 Å². The van der Waals surface area contributed by atoms with Crippen LogP contribution in [-0.2, 0) is 17.7 Å². The summed E-state index contributed by atoms with van der Waals surface area (Å²) in [7, 11) is 0. The van der Waals surface area contributed by atoms with E-state index in [0.717, 1.165) is 12.6 Å². The Labute approximate surface area is 210 Å². The lowest BCUT2D eigenvalue weighted by atomic mass is 9.59. The summed E-state index contributed by atoms with van der Waals surface area (Å²) in [5, 5.41) is 0. The van der Waals surface area contributed by atoms with Gasteiger partial charge in [-0.15, -0.1) is 0 Å². The lowest BCUT2D eigenvalue weighted by Crippen LogP contribution is -2.57. The van der Waals surface area contributed by atoms with Crippen molar-refractivity contribution in [1.29, 1.82) is 0 Å². The van der Waals surface area contributed by atoms with Crippen molar-refractivity contribution >= 4 is 0 Å². The smallest absolute Gasteiger partial charge is 0.0975 e. The molecular formula is C31H41N3O. The molecule has 0 aromatic carbocycles. The van der Waals surface area contributed by atoms with E-state index in [4.69, 9.17) is 4.74 Å².